The molecule has 30 heavy (non-hydrogen) atoms. The highest BCUT2D eigenvalue weighted by Gasteiger charge is 2.24. The molecule has 0 radical (unpaired) electrons. The second-order valence-corrected chi connectivity index (χ2v) is 8.63. The summed E-state index contributed by atoms with van der Waals surface area (Å²) in [4.78, 5) is 28.8. The number of amides is 2. The Morgan fingerprint density at radius 2 is 1.77 bits per heavy atom. The van der Waals surface area contributed by atoms with E-state index >= 15 is 0 Å². The molecule has 0 aliphatic heterocycles. The highest BCUT2D eigenvalue weighted by Crippen LogP contribution is 2.16. The van der Waals surface area contributed by atoms with Crippen LogP contribution in [0.1, 0.15) is 57.9 Å². The lowest BCUT2D eigenvalue weighted by molar-refractivity contribution is -0.141. The van der Waals surface area contributed by atoms with Crippen LogP contribution in [0.5, 0.6) is 0 Å². The van der Waals surface area contributed by atoms with Gasteiger partial charge in [0.2, 0.25) is 11.8 Å². The minimum atomic E-state index is -0.0518. The lowest BCUT2D eigenvalue weighted by Gasteiger charge is -2.32. The molecular formula is C25H37N3O2. The lowest BCUT2D eigenvalue weighted by Crippen LogP contribution is -2.46. The normalized spacial score (nSPS) is 12.1. The summed E-state index contributed by atoms with van der Waals surface area (Å²) in [6, 6.07) is 12.6. The quantitative estimate of drug-likeness (QED) is 0.579. The standard InChI is InChI=1S/C25H37N3O2/c1-7-21(5)28(25(30)18-27(22(6)29)15-19(2)3)17-24-13-10-14-26(24)16-23-12-9-8-11-20(23)4/h8-14,19,21H,7,15-18H2,1-6H3/t21-/m1/s1. The molecule has 0 spiro atoms. The number of hydrogen-bond donors (Lipinski definition) is 0. The van der Waals surface area contributed by atoms with E-state index in [-0.39, 0.29) is 24.4 Å². The summed E-state index contributed by atoms with van der Waals surface area (Å²) in [5.74, 6) is 0.276. The van der Waals surface area contributed by atoms with Crippen molar-refractivity contribution in [1.82, 2.24) is 14.4 Å². The van der Waals surface area contributed by atoms with Crippen LogP contribution in [0.25, 0.3) is 0 Å². The van der Waals surface area contributed by atoms with Crippen LogP contribution in [0, 0.1) is 12.8 Å². The Morgan fingerprint density at radius 3 is 2.37 bits per heavy atom. The third kappa shape index (κ3) is 6.48. The summed E-state index contributed by atoms with van der Waals surface area (Å²) in [5.41, 5.74) is 3.64. The Labute approximate surface area is 181 Å². The van der Waals surface area contributed by atoms with Crippen molar-refractivity contribution >= 4 is 11.8 Å². The summed E-state index contributed by atoms with van der Waals surface area (Å²) in [7, 11) is 0. The number of hydrogen-bond acceptors (Lipinski definition) is 2. The van der Waals surface area contributed by atoms with Gasteiger partial charge < -0.3 is 14.4 Å². The van der Waals surface area contributed by atoms with Crippen molar-refractivity contribution in [3.05, 3.63) is 59.4 Å². The van der Waals surface area contributed by atoms with Crippen molar-refractivity contribution in [1.29, 1.82) is 0 Å². The van der Waals surface area contributed by atoms with Gasteiger partial charge in [-0.25, -0.2) is 0 Å². The summed E-state index contributed by atoms with van der Waals surface area (Å²) < 4.78 is 2.21. The molecule has 0 saturated carbocycles. The van der Waals surface area contributed by atoms with E-state index in [1.54, 1.807) is 4.90 Å². The largest absolute Gasteiger partial charge is 0.345 e. The summed E-state index contributed by atoms with van der Waals surface area (Å²) in [6.07, 6.45) is 2.94. The zero-order valence-electron chi connectivity index (χ0n) is 19.4. The molecule has 2 aromatic rings. The van der Waals surface area contributed by atoms with Crippen LogP contribution in [0.15, 0.2) is 42.6 Å². The molecule has 1 aromatic heterocycles. The molecule has 0 saturated heterocycles. The third-order valence-corrected chi connectivity index (χ3v) is 5.66. The van der Waals surface area contributed by atoms with E-state index in [1.807, 2.05) is 11.0 Å². The fraction of sp³-hybridized carbons (Fsp3) is 0.520. The van der Waals surface area contributed by atoms with Crippen molar-refractivity contribution < 1.29 is 9.59 Å². The molecule has 0 N–H and O–H groups in total. The Bertz CT molecular complexity index is 840. The van der Waals surface area contributed by atoms with Gasteiger partial charge in [0.15, 0.2) is 0 Å². The monoisotopic (exact) mass is 411 g/mol. The number of benzene rings is 1. The first-order chi connectivity index (χ1) is 14.2. The highest BCUT2D eigenvalue weighted by atomic mass is 16.2. The van der Waals surface area contributed by atoms with Gasteiger partial charge in [0.1, 0.15) is 0 Å². The summed E-state index contributed by atoms with van der Waals surface area (Å²) >= 11 is 0. The first kappa shape index (κ1) is 23.7. The van der Waals surface area contributed by atoms with Crippen molar-refractivity contribution in [2.24, 2.45) is 5.92 Å². The predicted molar refractivity (Wildman–Crippen MR) is 122 cm³/mol. The van der Waals surface area contributed by atoms with Gasteiger partial charge >= 0.3 is 0 Å². The van der Waals surface area contributed by atoms with Crippen LogP contribution in [0.2, 0.25) is 0 Å². The molecule has 0 aliphatic rings. The van der Waals surface area contributed by atoms with Crippen LogP contribution in [-0.4, -0.2) is 45.3 Å². The topological polar surface area (TPSA) is 45.6 Å². The van der Waals surface area contributed by atoms with Gasteiger partial charge in [-0.15, -0.1) is 0 Å². The average molecular weight is 412 g/mol. The van der Waals surface area contributed by atoms with Crippen molar-refractivity contribution in [2.45, 2.75) is 67.1 Å². The van der Waals surface area contributed by atoms with Gasteiger partial charge in [-0.2, -0.15) is 0 Å². The molecule has 1 aromatic carbocycles. The number of rotatable bonds is 10. The van der Waals surface area contributed by atoms with Gasteiger partial charge in [-0.3, -0.25) is 9.59 Å². The molecule has 0 fully saturated rings. The highest BCUT2D eigenvalue weighted by molar-refractivity contribution is 5.84. The average Bonchev–Trinajstić information content (AvgIpc) is 3.13. The second-order valence-electron chi connectivity index (χ2n) is 8.63. The molecular weight excluding hydrogens is 374 g/mol. The number of aryl methyl sites for hydroxylation is 1. The Balaban J connectivity index is 2.19. The zero-order valence-corrected chi connectivity index (χ0v) is 19.4. The van der Waals surface area contributed by atoms with Gasteiger partial charge in [-0.1, -0.05) is 45.0 Å². The maximum atomic E-state index is 13.2. The molecule has 5 nitrogen and oxygen atoms in total. The number of nitrogens with zero attached hydrogens (tertiary/aromatic N) is 3. The van der Waals surface area contributed by atoms with Gasteiger partial charge in [0, 0.05) is 37.9 Å². The van der Waals surface area contributed by atoms with Crippen molar-refractivity contribution in [3.8, 4) is 0 Å². The van der Waals surface area contributed by atoms with E-state index in [2.05, 4.69) is 75.7 Å². The van der Waals surface area contributed by atoms with E-state index in [0.717, 1.165) is 18.7 Å². The molecule has 1 atom stereocenters. The van der Waals surface area contributed by atoms with E-state index < -0.39 is 0 Å². The predicted octanol–water partition coefficient (Wildman–Crippen LogP) is 4.48. The van der Waals surface area contributed by atoms with Crippen LogP contribution in [0.4, 0.5) is 0 Å². The second kappa shape index (κ2) is 11.0. The maximum absolute atomic E-state index is 13.2. The molecule has 0 bridgehead atoms. The van der Waals surface area contributed by atoms with Crippen molar-refractivity contribution in [3.63, 3.8) is 0 Å². The van der Waals surface area contributed by atoms with E-state index in [4.69, 9.17) is 0 Å². The first-order valence-corrected chi connectivity index (χ1v) is 11.0. The maximum Gasteiger partial charge on any atom is 0.242 e. The Kier molecular flexibility index (Phi) is 8.70. The van der Waals surface area contributed by atoms with Crippen LogP contribution < -0.4 is 0 Å². The van der Waals surface area contributed by atoms with E-state index in [1.165, 1.54) is 18.1 Å². The number of aromatic nitrogens is 1. The zero-order chi connectivity index (χ0) is 22.3. The summed E-state index contributed by atoms with van der Waals surface area (Å²) in [5, 5.41) is 0. The lowest BCUT2D eigenvalue weighted by atomic mass is 10.1. The van der Waals surface area contributed by atoms with Gasteiger partial charge in [-0.05, 0) is 49.4 Å². The molecule has 0 aliphatic carbocycles. The fourth-order valence-electron chi connectivity index (χ4n) is 3.60. The molecule has 2 rings (SSSR count). The minimum Gasteiger partial charge on any atom is -0.345 e. The number of carbonyl (C=O) groups excluding carboxylic acids is 2. The van der Waals surface area contributed by atoms with E-state index in [9.17, 15) is 9.59 Å². The minimum absolute atomic E-state index is 0.00356. The number of carbonyl (C=O) groups is 2. The Hall–Kier alpha value is -2.56. The summed E-state index contributed by atoms with van der Waals surface area (Å²) in [6.45, 7) is 14.0. The molecule has 1 heterocycles. The van der Waals surface area contributed by atoms with Gasteiger partial charge in [0.25, 0.3) is 0 Å². The molecule has 0 unspecified atom stereocenters. The van der Waals surface area contributed by atoms with Crippen molar-refractivity contribution in [2.75, 3.05) is 13.1 Å². The van der Waals surface area contributed by atoms with Crippen LogP contribution in [0.3, 0.4) is 0 Å². The van der Waals surface area contributed by atoms with Crippen LogP contribution in [-0.2, 0) is 22.7 Å². The SMILES string of the molecule is CC[C@@H](C)N(Cc1cccn1Cc1ccccc1C)C(=O)CN(CC(C)C)C(C)=O. The van der Waals surface area contributed by atoms with E-state index in [0.29, 0.717) is 19.0 Å². The Morgan fingerprint density at radius 1 is 1.07 bits per heavy atom. The smallest absolute Gasteiger partial charge is 0.242 e. The fourth-order valence-corrected chi connectivity index (χ4v) is 3.60. The third-order valence-electron chi connectivity index (χ3n) is 5.66. The van der Waals surface area contributed by atoms with Crippen LogP contribution >= 0.6 is 0 Å². The molecule has 164 valence electrons. The van der Waals surface area contributed by atoms with Gasteiger partial charge in [0.05, 0.1) is 13.1 Å². The first-order valence-electron chi connectivity index (χ1n) is 11.0. The molecule has 2 amide bonds. The molecule has 5 heteroatoms.